The summed E-state index contributed by atoms with van der Waals surface area (Å²) < 4.78 is 13.7. The fourth-order valence-electron chi connectivity index (χ4n) is 2.06. The SMILES string of the molecule is CC(C)=NOC1CCCc2cccc(F)c21. The third kappa shape index (κ3) is 2.23. The van der Waals surface area contributed by atoms with Gasteiger partial charge < -0.3 is 4.84 Å². The van der Waals surface area contributed by atoms with Gasteiger partial charge in [0.15, 0.2) is 6.10 Å². The number of hydrogen-bond acceptors (Lipinski definition) is 2. The van der Waals surface area contributed by atoms with E-state index in [1.165, 1.54) is 6.07 Å². The first-order valence-corrected chi connectivity index (χ1v) is 5.63. The molecule has 0 saturated carbocycles. The summed E-state index contributed by atoms with van der Waals surface area (Å²) in [6, 6.07) is 5.21. The highest BCUT2D eigenvalue weighted by atomic mass is 19.1. The lowest BCUT2D eigenvalue weighted by Gasteiger charge is -2.24. The van der Waals surface area contributed by atoms with E-state index in [9.17, 15) is 4.39 Å². The average molecular weight is 221 g/mol. The molecule has 2 rings (SSSR count). The molecule has 0 bridgehead atoms. The largest absolute Gasteiger partial charge is 0.388 e. The summed E-state index contributed by atoms with van der Waals surface area (Å²) in [4.78, 5) is 5.40. The van der Waals surface area contributed by atoms with Crippen molar-refractivity contribution in [3.05, 3.63) is 35.1 Å². The Balaban J connectivity index is 2.28. The van der Waals surface area contributed by atoms with Gasteiger partial charge in [-0.1, -0.05) is 17.3 Å². The van der Waals surface area contributed by atoms with Crippen LogP contribution in [0.4, 0.5) is 4.39 Å². The fourth-order valence-corrected chi connectivity index (χ4v) is 2.06. The molecule has 1 atom stereocenters. The molecule has 1 aromatic rings. The highest BCUT2D eigenvalue weighted by Gasteiger charge is 2.24. The first-order valence-electron chi connectivity index (χ1n) is 5.63. The second-order valence-corrected chi connectivity index (χ2v) is 4.34. The summed E-state index contributed by atoms with van der Waals surface area (Å²) in [5.74, 6) is -0.175. The second-order valence-electron chi connectivity index (χ2n) is 4.34. The minimum absolute atomic E-state index is 0.175. The van der Waals surface area contributed by atoms with E-state index < -0.39 is 0 Å². The maximum atomic E-state index is 13.7. The summed E-state index contributed by atoms with van der Waals surface area (Å²) in [7, 11) is 0. The van der Waals surface area contributed by atoms with Gasteiger partial charge in [-0.15, -0.1) is 0 Å². The number of halogens is 1. The van der Waals surface area contributed by atoms with Crippen LogP contribution in [0.5, 0.6) is 0 Å². The number of oxime groups is 1. The maximum Gasteiger partial charge on any atom is 0.155 e. The van der Waals surface area contributed by atoms with Crippen LogP contribution in [0, 0.1) is 5.82 Å². The Labute approximate surface area is 95.1 Å². The average Bonchev–Trinajstić information content (AvgIpc) is 2.26. The van der Waals surface area contributed by atoms with Crippen molar-refractivity contribution in [3.63, 3.8) is 0 Å². The predicted molar refractivity (Wildman–Crippen MR) is 61.9 cm³/mol. The number of aryl methyl sites for hydroxylation is 1. The van der Waals surface area contributed by atoms with Gasteiger partial charge in [0.25, 0.3) is 0 Å². The van der Waals surface area contributed by atoms with Crippen LogP contribution in [-0.4, -0.2) is 5.71 Å². The molecule has 1 aliphatic carbocycles. The second kappa shape index (κ2) is 4.64. The molecule has 16 heavy (non-hydrogen) atoms. The lowest BCUT2D eigenvalue weighted by molar-refractivity contribution is 0.0430. The van der Waals surface area contributed by atoms with Crippen molar-refractivity contribution in [1.82, 2.24) is 0 Å². The van der Waals surface area contributed by atoms with Crippen molar-refractivity contribution in [1.29, 1.82) is 0 Å². The minimum Gasteiger partial charge on any atom is -0.388 e. The molecule has 0 aliphatic heterocycles. The van der Waals surface area contributed by atoms with E-state index in [4.69, 9.17) is 4.84 Å². The third-order valence-corrected chi connectivity index (χ3v) is 2.74. The van der Waals surface area contributed by atoms with E-state index in [1.54, 1.807) is 6.07 Å². The lowest BCUT2D eigenvalue weighted by atomic mass is 9.89. The monoisotopic (exact) mass is 221 g/mol. The van der Waals surface area contributed by atoms with Gasteiger partial charge in [0.1, 0.15) is 5.82 Å². The van der Waals surface area contributed by atoms with Gasteiger partial charge in [0.2, 0.25) is 0 Å². The Hall–Kier alpha value is -1.38. The van der Waals surface area contributed by atoms with Crippen molar-refractivity contribution in [3.8, 4) is 0 Å². The van der Waals surface area contributed by atoms with Gasteiger partial charge in [-0.3, -0.25) is 0 Å². The van der Waals surface area contributed by atoms with Crippen LogP contribution >= 0.6 is 0 Å². The smallest absolute Gasteiger partial charge is 0.155 e. The zero-order valence-electron chi connectivity index (χ0n) is 9.66. The molecule has 0 saturated heterocycles. The van der Waals surface area contributed by atoms with E-state index >= 15 is 0 Å². The van der Waals surface area contributed by atoms with E-state index in [2.05, 4.69) is 5.16 Å². The maximum absolute atomic E-state index is 13.7. The lowest BCUT2D eigenvalue weighted by Crippen LogP contribution is -2.13. The fraction of sp³-hybridized carbons (Fsp3) is 0.462. The van der Waals surface area contributed by atoms with E-state index in [1.807, 2.05) is 19.9 Å². The Morgan fingerprint density at radius 1 is 1.44 bits per heavy atom. The van der Waals surface area contributed by atoms with Gasteiger partial charge in [-0.2, -0.15) is 0 Å². The number of fused-ring (bicyclic) bond motifs is 1. The Bertz CT molecular complexity index is 410. The Kier molecular flexibility index (Phi) is 3.22. The molecule has 2 nitrogen and oxygen atoms in total. The molecule has 0 spiro atoms. The van der Waals surface area contributed by atoms with Crippen molar-refractivity contribution in [2.75, 3.05) is 0 Å². The predicted octanol–water partition coefficient (Wildman–Crippen LogP) is 3.62. The standard InChI is InChI=1S/C13H16FNO/c1-9(2)15-16-12-8-4-6-10-5-3-7-11(14)13(10)12/h3,5,7,12H,4,6,8H2,1-2H3. The molecule has 0 N–H and O–H groups in total. The van der Waals surface area contributed by atoms with Crippen LogP contribution in [-0.2, 0) is 11.3 Å². The summed E-state index contributed by atoms with van der Waals surface area (Å²) in [6.45, 7) is 3.73. The molecule has 0 aromatic heterocycles. The van der Waals surface area contributed by atoms with Crippen molar-refractivity contribution in [2.24, 2.45) is 5.16 Å². The van der Waals surface area contributed by atoms with E-state index in [0.29, 0.717) is 5.56 Å². The molecule has 86 valence electrons. The molecule has 3 heteroatoms. The highest BCUT2D eigenvalue weighted by Crippen LogP contribution is 2.34. The van der Waals surface area contributed by atoms with Crippen LogP contribution in [0.3, 0.4) is 0 Å². The number of hydrogen-bond donors (Lipinski definition) is 0. The topological polar surface area (TPSA) is 21.6 Å². The van der Waals surface area contributed by atoms with Gasteiger partial charge in [-0.25, -0.2) is 4.39 Å². The van der Waals surface area contributed by atoms with Gasteiger partial charge in [0, 0.05) is 5.56 Å². The molecule has 1 unspecified atom stereocenters. The summed E-state index contributed by atoms with van der Waals surface area (Å²) in [5, 5.41) is 3.94. The molecular weight excluding hydrogens is 205 g/mol. The molecule has 1 aliphatic rings. The zero-order chi connectivity index (χ0) is 11.5. The normalized spacial score (nSPS) is 18.8. The van der Waals surface area contributed by atoms with E-state index in [0.717, 1.165) is 30.5 Å². The first kappa shape index (κ1) is 11.1. The summed E-state index contributed by atoms with van der Waals surface area (Å²) >= 11 is 0. The Morgan fingerprint density at radius 2 is 2.25 bits per heavy atom. The number of nitrogens with zero attached hydrogens (tertiary/aromatic N) is 1. The van der Waals surface area contributed by atoms with Crippen molar-refractivity contribution in [2.45, 2.75) is 39.2 Å². The van der Waals surface area contributed by atoms with Crippen molar-refractivity contribution < 1.29 is 9.23 Å². The number of benzene rings is 1. The van der Waals surface area contributed by atoms with Crippen LogP contribution in [0.25, 0.3) is 0 Å². The highest BCUT2D eigenvalue weighted by molar-refractivity contribution is 5.78. The van der Waals surface area contributed by atoms with Gasteiger partial charge >= 0.3 is 0 Å². The van der Waals surface area contributed by atoms with Crippen LogP contribution in [0.1, 0.15) is 43.9 Å². The third-order valence-electron chi connectivity index (χ3n) is 2.74. The molecule has 0 radical (unpaired) electrons. The molecule has 0 amide bonds. The molecular formula is C13H16FNO. The quantitative estimate of drug-likeness (QED) is 0.552. The van der Waals surface area contributed by atoms with Crippen LogP contribution in [0.15, 0.2) is 23.4 Å². The van der Waals surface area contributed by atoms with E-state index in [-0.39, 0.29) is 11.9 Å². The summed E-state index contributed by atoms with van der Waals surface area (Å²) in [5.41, 5.74) is 2.60. The molecule has 1 aromatic carbocycles. The first-order chi connectivity index (χ1) is 7.68. The van der Waals surface area contributed by atoms with Gasteiger partial charge in [0.05, 0.1) is 5.71 Å². The zero-order valence-corrected chi connectivity index (χ0v) is 9.66. The molecule has 0 heterocycles. The van der Waals surface area contributed by atoms with Crippen molar-refractivity contribution >= 4 is 5.71 Å². The van der Waals surface area contributed by atoms with Crippen LogP contribution < -0.4 is 0 Å². The Morgan fingerprint density at radius 3 is 3.00 bits per heavy atom. The molecule has 0 fully saturated rings. The summed E-state index contributed by atoms with van der Waals surface area (Å²) in [6.07, 6.45) is 2.58. The van der Waals surface area contributed by atoms with Gasteiger partial charge in [-0.05, 0) is 44.7 Å². The number of rotatable bonds is 2. The minimum atomic E-state index is -0.222. The van der Waals surface area contributed by atoms with Crippen LogP contribution in [0.2, 0.25) is 0 Å².